The van der Waals surface area contributed by atoms with Gasteiger partial charge in [-0.15, -0.1) is 0 Å². The number of para-hydroxylation sites is 1. The topological polar surface area (TPSA) is 73.1 Å². The van der Waals surface area contributed by atoms with Crippen LogP contribution in [0.3, 0.4) is 0 Å². The van der Waals surface area contributed by atoms with Crippen LogP contribution in [0.25, 0.3) is 11.0 Å². The lowest BCUT2D eigenvalue weighted by molar-refractivity contribution is 0.0929. The first kappa shape index (κ1) is 22.9. The Hall–Kier alpha value is -3.29. The van der Waals surface area contributed by atoms with Crippen molar-refractivity contribution in [3.05, 3.63) is 93.1 Å². The molecule has 4 rings (SSSR count). The number of fused-ring (bicyclic) bond motifs is 1. The summed E-state index contributed by atoms with van der Waals surface area (Å²) in [5.74, 6) is 0.850. The van der Waals surface area contributed by atoms with Gasteiger partial charge >= 0.3 is 5.91 Å². The molecule has 0 radical (unpaired) electrons. The van der Waals surface area contributed by atoms with E-state index >= 15 is 0 Å². The van der Waals surface area contributed by atoms with Crippen molar-refractivity contribution in [2.75, 3.05) is 6.61 Å². The van der Waals surface area contributed by atoms with Gasteiger partial charge in [-0.2, -0.15) is 5.10 Å². The van der Waals surface area contributed by atoms with E-state index in [1.165, 1.54) is 6.21 Å². The molecule has 0 aliphatic heterocycles. The van der Waals surface area contributed by atoms with E-state index < -0.39 is 5.91 Å². The van der Waals surface area contributed by atoms with Crippen molar-refractivity contribution in [3.8, 4) is 11.5 Å². The van der Waals surface area contributed by atoms with Crippen LogP contribution in [0.2, 0.25) is 5.02 Å². The first-order chi connectivity index (χ1) is 16.0. The Kier molecular flexibility index (Phi) is 7.32. The second-order valence-corrected chi connectivity index (χ2v) is 8.25. The number of nitrogens with zero attached hydrogens (tertiary/aromatic N) is 1. The van der Waals surface area contributed by atoms with Crippen LogP contribution in [-0.4, -0.2) is 18.7 Å². The van der Waals surface area contributed by atoms with Crippen LogP contribution in [-0.2, 0) is 6.61 Å². The minimum Gasteiger partial charge on any atom is -0.490 e. The molecule has 1 aromatic heterocycles. The number of benzene rings is 3. The predicted octanol–water partition coefficient (Wildman–Crippen LogP) is 6.59. The van der Waals surface area contributed by atoms with Crippen molar-refractivity contribution in [2.24, 2.45) is 5.10 Å². The second kappa shape index (κ2) is 10.6. The lowest BCUT2D eigenvalue weighted by Gasteiger charge is -2.15. The Morgan fingerprint density at radius 1 is 1.12 bits per heavy atom. The summed E-state index contributed by atoms with van der Waals surface area (Å²) in [6.45, 7) is 2.64. The number of carbonyl (C=O) groups is 1. The van der Waals surface area contributed by atoms with Gasteiger partial charge in [-0.25, -0.2) is 5.43 Å². The van der Waals surface area contributed by atoms with Crippen LogP contribution in [0.1, 0.15) is 28.6 Å². The van der Waals surface area contributed by atoms with Gasteiger partial charge in [-0.1, -0.05) is 48.0 Å². The van der Waals surface area contributed by atoms with E-state index in [0.29, 0.717) is 45.4 Å². The van der Waals surface area contributed by atoms with Crippen LogP contribution in [0.5, 0.6) is 11.5 Å². The third-order valence-corrected chi connectivity index (χ3v) is 5.65. The Labute approximate surface area is 204 Å². The first-order valence-corrected chi connectivity index (χ1v) is 11.4. The highest BCUT2D eigenvalue weighted by Gasteiger charge is 2.14. The monoisotopic (exact) mass is 526 g/mol. The van der Waals surface area contributed by atoms with Crippen LogP contribution in [0.15, 0.2) is 80.7 Å². The van der Waals surface area contributed by atoms with Crippen LogP contribution < -0.4 is 14.9 Å². The van der Waals surface area contributed by atoms with Crippen molar-refractivity contribution in [1.29, 1.82) is 0 Å². The van der Waals surface area contributed by atoms with Gasteiger partial charge in [-0.05, 0) is 58.7 Å². The average molecular weight is 528 g/mol. The third-order valence-electron chi connectivity index (χ3n) is 4.69. The summed E-state index contributed by atoms with van der Waals surface area (Å²) >= 11 is 9.76. The summed E-state index contributed by atoms with van der Waals surface area (Å²) in [6.07, 6.45) is 1.52. The normalized spacial score (nSPS) is 11.1. The highest BCUT2D eigenvalue weighted by atomic mass is 79.9. The molecule has 168 valence electrons. The number of rotatable bonds is 8. The summed E-state index contributed by atoms with van der Waals surface area (Å²) in [6, 6.07) is 20.2. The molecular formula is C25H20BrClN2O4. The Bertz CT molecular complexity index is 1290. The summed E-state index contributed by atoms with van der Waals surface area (Å²) in [5, 5.41) is 5.53. The molecule has 8 heteroatoms. The molecule has 1 N–H and O–H groups in total. The van der Waals surface area contributed by atoms with Crippen molar-refractivity contribution in [3.63, 3.8) is 0 Å². The molecule has 0 spiro atoms. The Morgan fingerprint density at radius 3 is 2.70 bits per heavy atom. The average Bonchev–Trinajstić information content (AvgIpc) is 3.24. The molecule has 1 heterocycles. The largest absolute Gasteiger partial charge is 0.490 e. The highest BCUT2D eigenvalue weighted by Crippen LogP contribution is 2.37. The number of halogens is 2. The fourth-order valence-corrected chi connectivity index (χ4v) is 3.91. The number of amides is 1. The molecule has 33 heavy (non-hydrogen) atoms. The molecule has 3 aromatic carbocycles. The number of furan rings is 1. The maximum Gasteiger partial charge on any atom is 0.307 e. The lowest BCUT2D eigenvalue weighted by Crippen LogP contribution is -2.16. The predicted molar refractivity (Wildman–Crippen MR) is 132 cm³/mol. The molecule has 0 fully saturated rings. The van der Waals surface area contributed by atoms with Gasteiger partial charge in [0.25, 0.3) is 0 Å². The van der Waals surface area contributed by atoms with E-state index in [1.54, 1.807) is 18.2 Å². The summed E-state index contributed by atoms with van der Waals surface area (Å²) in [5.41, 5.74) is 4.70. The van der Waals surface area contributed by atoms with E-state index in [2.05, 4.69) is 26.5 Å². The zero-order valence-corrected chi connectivity index (χ0v) is 20.0. The smallest absolute Gasteiger partial charge is 0.307 e. The van der Waals surface area contributed by atoms with Crippen molar-refractivity contribution in [2.45, 2.75) is 13.5 Å². The number of carbonyl (C=O) groups excluding carboxylic acids is 1. The molecule has 0 saturated heterocycles. The number of hydrogen-bond donors (Lipinski definition) is 1. The standard InChI is InChI=1S/C25H20BrClN2O4/c1-2-31-22-12-16(11-19(26)24(22)32-15-18-8-3-5-9-20(18)27)14-28-29-25(30)23-13-17-7-4-6-10-21(17)33-23/h3-14H,2,15H2,1H3,(H,29,30)/b28-14+. The molecule has 0 unspecified atom stereocenters. The second-order valence-electron chi connectivity index (χ2n) is 6.99. The molecule has 0 bridgehead atoms. The zero-order valence-electron chi connectivity index (χ0n) is 17.7. The van der Waals surface area contributed by atoms with Gasteiger partial charge in [0, 0.05) is 16.0 Å². The van der Waals surface area contributed by atoms with Gasteiger partial charge in [0.15, 0.2) is 17.3 Å². The van der Waals surface area contributed by atoms with Gasteiger partial charge < -0.3 is 13.9 Å². The van der Waals surface area contributed by atoms with Gasteiger partial charge in [0.1, 0.15) is 12.2 Å². The number of hydrogen-bond acceptors (Lipinski definition) is 5. The number of nitrogens with one attached hydrogen (secondary N) is 1. The number of hydrazone groups is 1. The molecule has 1 amide bonds. The van der Waals surface area contributed by atoms with E-state index in [0.717, 1.165) is 10.9 Å². The molecule has 0 saturated carbocycles. The SMILES string of the molecule is CCOc1cc(/C=N/NC(=O)c2cc3ccccc3o2)cc(Br)c1OCc1ccccc1Cl. The molecule has 0 atom stereocenters. The molecule has 0 aliphatic carbocycles. The molecular weight excluding hydrogens is 508 g/mol. The molecule has 4 aromatic rings. The van der Waals surface area contributed by atoms with Crippen molar-refractivity contribution < 1.29 is 18.7 Å². The third kappa shape index (κ3) is 5.56. The van der Waals surface area contributed by atoms with Gasteiger partial charge in [-0.3, -0.25) is 4.79 Å². The van der Waals surface area contributed by atoms with Crippen LogP contribution in [0.4, 0.5) is 0 Å². The minimum absolute atomic E-state index is 0.188. The van der Waals surface area contributed by atoms with Gasteiger partial charge in [0.2, 0.25) is 0 Å². The molecule has 6 nitrogen and oxygen atoms in total. The summed E-state index contributed by atoms with van der Waals surface area (Å²) in [4.78, 5) is 12.4. The lowest BCUT2D eigenvalue weighted by atomic mass is 10.2. The first-order valence-electron chi connectivity index (χ1n) is 10.2. The molecule has 0 aliphatic rings. The maximum atomic E-state index is 12.4. The Morgan fingerprint density at radius 2 is 1.91 bits per heavy atom. The summed E-state index contributed by atoms with van der Waals surface area (Å²) < 4.78 is 18.0. The minimum atomic E-state index is -0.439. The number of ether oxygens (including phenoxy) is 2. The van der Waals surface area contributed by atoms with E-state index in [4.69, 9.17) is 25.5 Å². The maximum absolute atomic E-state index is 12.4. The van der Waals surface area contributed by atoms with Gasteiger partial charge in [0.05, 0.1) is 17.3 Å². The van der Waals surface area contributed by atoms with Crippen LogP contribution >= 0.6 is 27.5 Å². The zero-order chi connectivity index (χ0) is 23.2. The van der Waals surface area contributed by atoms with Crippen LogP contribution in [0, 0.1) is 0 Å². The van der Waals surface area contributed by atoms with Crippen molar-refractivity contribution >= 4 is 50.6 Å². The fraction of sp³-hybridized carbons (Fsp3) is 0.120. The quantitative estimate of drug-likeness (QED) is 0.207. The van der Waals surface area contributed by atoms with E-state index in [-0.39, 0.29) is 5.76 Å². The van der Waals surface area contributed by atoms with Crippen molar-refractivity contribution in [1.82, 2.24) is 5.43 Å². The fourth-order valence-electron chi connectivity index (χ4n) is 3.15. The Balaban J connectivity index is 1.47. The summed E-state index contributed by atoms with van der Waals surface area (Å²) in [7, 11) is 0. The van der Waals surface area contributed by atoms with E-state index in [1.807, 2.05) is 55.5 Å². The van der Waals surface area contributed by atoms with E-state index in [9.17, 15) is 4.79 Å². The highest BCUT2D eigenvalue weighted by molar-refractivity contribution is 9.10.